The normalized spacial score (nSPS) is 23.8. The highest BCUT2D eigenvalue weighted by atomic mass is 32.2. The Hall–Kier alpha value is -1.72. The van der Waals surface area contributed by atoms with Gasteiger partial charge in [-0.05, 0) is 23.8 Å². The molecule has 0 radical (unpaired) electrons. The van der Waals surface area contributed by atoms with Crippen molar-refractivity contribution in [2.24, 2.45) is 7.05 Å². The van der Waals surface area contributed by atoms with Gasteiger partial charge in [-0.2, -0.15) is 0 Å². The van der Waals surface area contributed by atoms with Gasteiger partial charge in [0.15, 0.2) is 0 Å². The van der Waals surface area contributed by atoms with Crippen LogP contribution in [0, 0.1) is 0 Å². The molecule has 0 N–H and O–H groups in total. The van der Waals surface area contributed by atoms with Gasteiger partial charge in [-0.15, -0.1) is 11.8 Å². The summed E-state index contributed by atoms with van der Waals surface area (Å²) in [4.78, 5) is 16.5. The maximum atomic E-state index is 13.2. The molecule has 4 rings (SSSR count). The number of nitrogens with zero attached hydrogens (tertiary/aromatic N) is 2. The molecule has 0 saturated carbocycles. The lowest BCUT2D eigenvalue weighted by Crippen LogP contribution is -2.46. The van der Waals surface area contributed by atoms with Gasteiger partial charge >= 0.3 is 0 Å². The third-order valence-electron chi connectivity index (χ3n) is 4.73. The SMILES string of the molecule is Cn1cccc1[C@@H]1COCCN1C(=O)[C@@H]1CSc2ccccc21. The molecule has 120 valence electrons. The van der Waals surface area contributed by atoms with Crippen LogP contribution >= 0.6 is 11.8 Å². The largest absolute Gasteiger partial charge is 0.377 e. The van der Waals surface area contributed by atoms with E-state index < -0.39 is 0 Å². The van der Waals surface area contributed by atoms with Gasteiger partial charge in [0.05, 0.1) is 25.2 Å². The van der Waals surface area contributed by atoms with E-state index in [1.54, 1.807) is 11.8 Å². The van der Waals surface area contributed by atoms with Crippen molar-refractivity contribution in [1.29, 1.82) is 0 Å². The number of hydrogen-bond donors (Lipinski definition) is 0. The highest BCUT2D eigenvalue weighted by molar-refractivity contribution is 7.99. The fraction of sp³-hybridized carbons (Fsp3) is 0.389. The third kappa shape index (κ3) is 2.58. The summed E-state index contributed by atoms with van der Waals surface area (Å²) in [5.74, 6) is 1.05. The Morgan fingerprint density at radius 3 is 2.96 bits per heavy atom. The summed E-state index contributed by atoms with van der Waals surface area (Å²) in [5, 5.41) is 0. The molecule has 1 amide bonds. The van der Waals surface area contributed by atoms with Crippen molar-refractivity contribution in [3.63, 3.8) is 0 Å². The number of carbonyl (C=O) groups is 1. The molecule has 1 fully saturated rings. The summed E-state index contributed by atoms with van der Waals surface area (Å²) >= 11 is 1.79. The van der Waals surface area contributed by atoms with Gasteiger partial charge in [0.25, 0.3) is 0 Å². The first kappa shape index (κ1) is 14.8. The molecule has 1 aromatic heterocycles. The maximum absolute atomic E-state index is 13.2. The molecule has 0 bridgehead atoms. The number of aryl methyl sites for hydroxylation is 1. The number of fused-ring (bicyclic) bond motifs is 1. The number of amides is 1. The van der Waals surface area contributed by atoms with Crippen LogP contribution in [0.3, 0.4) is 0 Å². The second-order valence-electron chi connectivity index (χ2n) is 6.07. The molecule has 4 nitrogen and oxygen atoms in total. The lowest BCUT2D eigenvalue weighted by molar-refractivity contribution is -0.141. The summed E-state index contributed by atoms with van der Waals surface area (Å²) in [6.07, 6.45) is 2.02. The van der Waals surface area contributed by atoms with Crippen molar-refractivity contribution in [2.45, 2.75) is 16.9 Å². The van der Waals surface area contributed by atoms with Crippen molar-refractivity contribution in [1.82, 2.24) is 9.47 Å². The molecule has 0 unspecified atom stereocenters. The fourth-order valence-electron chi connectivity index (χ4n) is 3.50. The quantitative estimate of drug-likeness (QED) is 0.850. The molecule has 2 aliphatic rings. The molecule has 5 heteroatoms. The van der Waals surface area contributed by atoms with Crippen molar-refractivity contribution in [3.8, 4) is 0 Å². The Bertz CT molecular complexity index is 727. The Morgan fingerprint density at radius 2 is 2.13 bits per heavy atom. The first-order valence-corrected chi connectivity index (χ1v) is 8.95. The summed E-state index contributed by atoms with van der Waals surface area (Å²) in [7, 11) is 2.02. The zero-order chi connectivity index (χ0) is 15.8. The second-order valence-corrected chi connectivity index (χ2v) is 7.13. The molecule has 2 aromatic rings. The van der Waals surface area contributed by atoms with Crippen LogP contribution in [0.4, 0.5) is 0 Å². The number of morpholine rings is 1. The Morgan fingerprint density at radius 1 is 1.26 bits per heavy atom. The van der Waals surface area contributed by atoms with E-state index in [-0.39, 0.29) is 17.9 Å². The number of benzene rings is 1. The monoisotopic (exact) mass is 328 g/mol. The number of aromatic nitrogens is 1. The van der Waals surface area contributed by atoms with Crippen LogP contribution in [0.25, 0.3) is 0 Å². The van der Waals surface area contributed by atoms with E-state index in [1.807, 2.05) is 36.3 Å². The standard InChI is InChI=1S/C18H20N2O2S/c1-19-8-4-6-15(19)16-11-22-10-9-20(16)18(21)14-12-23-17-7-3-2-5-13(14)17/h2-8,14,16H,9-12H2,1H3/t14-,16+/m1/s1. The smallest absolute Gasteiger partial charge is 0.231 e. The lowest BCUT2D eigenvalue weighted by Gasteiger charge is -2.37. The topological polar surface area (TPSA) is 34.5 Å². The van der Waals surface area contributed by atoms with Crippen LogP contribution in [-0.4, -0.2) is 40.9 Å². The molecule has 1 aromatic carbocycles. The van der Waals surface area contributed by atoms with E-state index in [1.165, 1.54) is 10.5 Å². The number of hydrogen-bond acceptors (Lipinski definition) is 3. The maximum Gasteiger partial charge on any atom is 0.231 e. The van der Waals surface area contributed by atoms with Crippen molar-refractivity contribution < 1.29 is 9.53 Å². The van der Waals surface area contributed by atoms with Crippen molar-refractivity contribution in [3.05, 3.63) is 53.9 Å². The van der Waals surface area contributed by atoms with E-state index in [0.29, 0.717) is 19.8 Å². The van der Waals surface area contributed by atoms with Crippen molar-refractivity contribution in [2.75, 3.05) is 25.5 Å². The zero-order valence-corrected chi connectivity index (χ0v) is 14.0. The van der Waals surface area contributed by atoms with Gasteiger partial charge in [-0.3, -0.25) is 4.79 Å². The summed E-state index contributed by atoms with van der Waals surface area (Å²) in [5.41, 5.74) is 2.32. The number of rotatable bonds is 2. The zero-order valence-electron chi connectivity index (χ0n) is 13.1. The van der Waals surface area contributed by atoms with E-state index in [4.69, 9.17) is 4.74 Å². The van der Waals surface area contributed by atoms with E-state index >= 15 is 0 Å². The van der Waals surface area contributed by atoms with E-state index in [9.17, 15) is 4.79 Å². The minimum absolute atomic E-state index is 0.00834. The molecule has 2 atom stereocenters. The molecular weight excluding hydrogens is 308 g/mol. The van der Waals surface area contributed by atoms with Gasteiger partial charge in [0.1, 0.15) is 0 Å². The molecule has 2 aliphatic heterocycles. The van der Waals surface area contributed by atoms with Crippen LogP contribution in [0.5, 0.6) is 0 Å². The van der Waals surface area contributed by atoms with Gasteiger partial charge in [-0.1, -0.05) is 18.2 Å². The van der Waals surface area contributed by atoms with E-state index in [2.05, 4.69) is 22.8 Å². The van der Waals surface area contributed by atoms with Crippen LogP contribution in [0.1, 0.15) is 23.2 Å². The van der Waals surface area contributed by atoms with Gasteiger partial charge < -0.3 is 14.2 Å². The molecule has 3 heterocycles. The lowest BCUT2D eigenvalue weighted by atomic mass is 9.98. The number of thioether (sulfide) groups is 1. The second kappa shape index (κ2) is 6.06. The molecule has 0 aliphatic carbocycles. The summed E-state index contributed by atoms with van der Waals surface area (Å²) in [6, 6.07) is 12.4. The predicted octanol–water partition coefficient (Wildman–Crippen LogP) is 2.81. The minimum Gasteiger partial charge on any atom is -0.377 e. The highest BCUT2D eigenvalue weighted by Gasteiger charge is 2.37. The van der Waals surface area contributed by atoms with E-state index in [0.717, 1.165) is 11.4 Å². The minimum atomic E-state index is -0.0305. The summed E-state index contributed by atoms with van der Waals surface area (Å²) < 4.78 is 7.74. The van der Waals surface area contributed by atoms with Gasteiger partial charge in [-0.25, -0.2) is 0 Å². The molecular formula is C18H20N2O2S. The van der Waals surface area contributed by atoms with Crippen LogP contribution < -0.4 is 0 Å². The Kier molecular flexibility index (Phi) is 3.91. The average molecular weight is 328 g/mol. The molecule has 0 spiro atoms. The third-order valence-corrected chi connectivity index (χ3v) is 5.92. The van der Waals surface area contributed by atoms with Crippen LogP contribution in [0.2, 0.25) is 0 Å². The number of ether oxygens (including phenoxy) is 1. The summed E-state index contributed by atoms with van der Waals surface area (Å²) in [6.45, 7) is 1.86. The fourth-order valence-corrected chi connectivity index (χ4v) is 4.72. The first-order chi connectivity index (χ1) is 11.3. The molecule has 1 saturated heterocycles. The van der Waals surface area contributed by atoms with Crippen LogP contribution in [0.15, 0.2) is 47.5 Å². The van der Waals surface area contributed by atoms with Gasteiger partial charge in [0, 0.05) is 36.1 Å². The van der Waals surface area contributed by atoms with Gasteiger partial charge in [0.2, 0.25) is 5.91 Å². The van der Waals surface area contributed by atoms with Crippen LogP contribution in [-0.2, 0) is 16.6 Å². The first-order valence-electron chi connectivity index (χ1n) is 7.97. The highest BCUT2D eigenvalue weighted by Crippen LogP contribution is 2.41. The Labute approximate surface area is 140 Å². The Balaban J connectivity index is 1.63. The number of carbonyl (C=O) groups excluding carboxylic acids is 1. The average Bonchev–Trinajstić information content (AvgIpc) is 3.20. The van der Waals surface area contributed by atoms with Crippen molar-refractivity contribution >= 4 is 17.7 Å². The predicted molar refractivity (Wildman–Crippen MR) is 90.6 cm³/mol. The molecule has 23 heavy (non-hydrogen) atoms.